The zero-order valence-electron chi connectivity index (χ0n) is 13.2. The summed E-state index contributed by atoms with van der Waals surface area (Å²) in [5.74, 6) is 0.0562. The Kier molecular flexibility index (Phi) is 5.46. The molecule has 0 bridgehead atoms. The van der Waals surface area contributed by atoms with E-state index < -0.39 is 0 Å². The summed E-state index contributed by atoms with van der Waals surface area (Å²) in [5, 5.41) is 12.2. The highest BCUT2D eigenvalue weighted by Gasteiger charge is 2.19. The van der Waals surface area contributed by atoms with Gasteiger partial charge < -0.3 is 5.32 Å². The first-order chi connectivity index (χ1) is 12.0. The summed E-state index contributed by atoms with van der Waals surface area (Å²) in [6.07, 6.45) is 3.25. The second-order valence-corrected chi connectivity index (χ2v) is 6.96. The van der Waals surface area contributed by atoms with Crippen LogP contribution in [0, 0.1) is 0 Å². The van der Waals surface area contributed by atoms with Crippen molar-refractivity contribution < 1.29 is 4.79 Å². The molecule has 2 heterocycles. The third-order valence-corrected chi connectivity index (χ3v) is 4.63. The molecule has 1 aromatic carbocycles. The number of nitrogens with zero attached hydrogens (tertiary/aromatic N) is 4. The van der Waals surface area contributed by atoms with E-state index in [1.807, 2.05) is 31.2 Å². The largest absolute Gasteiger partial charge is 0.303 e. The molecule has 2 aromatic heterocycles. The van der Waals surface area contributed by atoms with E-state index >= 15 is 0 Å². The smallest absolute Gasteiger partial charge is 0.276 e. The zero-order chi connectivity index (χ0) is 18.0. The summed E-state index contributed by atoms with van der Waals surface area (Å²) in [6.45, 7) is 2.98. The maximum Gasteiger partial charge on any atom is 0.276 e. The van der Waals surface area contributed by atoms with Crippen LogP contribution >= 0.6 is 39.1 Å². The van der Waals surface area contributed by atoms with E-state index in [1.54, 1.807) is 10.9 Å². The Morgan fingerprint density at radius 3 is 2.68 bits per heavy atom. The van der Waals surface area contributed by atoms with Crippen molar-refractivity contribution in [3.8, 4) is 0 Å². The van der Waals surface area contributed by atoms with Gasteiger partial charge in [0, 0.05) is 17.8 Å². The lowest BCUT2D eigenvalue weighted by atomic mass is 10.2. The summed E-state index contributed by atoms with van der Waals surface area (Å²) < 4.78 is 3.94. The molecule has 130 valence electrons. The van der Waals surface area contributed by atoms with Gasteiger partial charge in [0.15, 0.2) is 5.82 Å². The van der Waals surface area contributed by atoms with Gasteiger partial charge in [-0.05, 0) is 40.5 Å². The van der Waals surface area contributed by atoms with Gasteiger partial charge in [0.05, 0.1) is 22.2 Å². The second kappa shape index (κ2) is 7.59. The third kappa shape index (κ3) is 4.05. The van der Waals surface area contributed by atoms with Crippen LogP contribution in [0.25, 0.3) is 0 Å². The average Bonchev–Trinajstić information content (AvgIpc) is 3.12. The summed E-state index contributed by atoms with van der Waals surface area (Å²) >= 11 is 15.4. The summed E-state index contributed by atoms with van der Waals surface area (Å²) in [7, 11) is 0. The van der Waals surface area contributed by atoms with E-state index in [1.165, 1.54) is 10.9 Å². The topological polar surface area (TPSA) is 64.7 Å². The molecule has 0 aliphatic rings. The van der Waals surface area contributed by atoms with Crippen molar-refractivity contribution in [1.29, 1.82) is 0 Å². The number of carbonyl (C=O) groups excluding carboxylic acids is 1. The summed E-state index contributed by atoms with van der Waals surface area (Å²) in [5.41, 5.74) is 1.35. The van der Waals surface area contributed by atoms with Crippen LogP contribution in [0.4, 0.5) is 5.82 Å². The number of benzene rings is 1. The molecule has 0 fully saturated rings. The molecule has 6 nitrogen and oxygen atoms in total. The molecule has 1 amide bonds. The van der Waals surface area contributed by atoms with Crippen LogP contribution in [0.1, 0.15) is 23.0 Å². The number of carbonyl (C=O) groups is 1. The Morgan fingerprint density at radius 2 is 2.00 bits per heavy atom. The molecule has 3 aromatic rings. The van der Waals surface area contributed by atoms with Gasteiger partial charge in [-0.1, -0.05) is 35.3 Å². The van der Waals surface area contributed by atoms with E-state index in [9.17, 15) is 4.79 Å². The molecule has 3 rings (SSSR count). The van der Waals surface area contributed by atoms with E-state index in [2.05, 4.69) is 31.4 Å². The predicted octanol–water partition coefficient (Wildman–Crippen LogP) is 4.47. The number of aryl methyl sites for hydroxylation is 1. The first kappa shape index (κ1) is 18.0. The van der Waals surface area contributed by atoms with E-state index in [0.717, 1.165) is 5.56 Å². The highest BCUT2D eigenvalue weighted by molar-refractivity contribution is 9.10. The number of anilines is 1. The highest BCUT2D eigenvalue weighted by Crippen LogP contribution is 2.23. The van der Waals surface area contributed by atoms with Crippen molar-refractivity contribution in [2.75, 3.05) is 5.32 Å². The molecule has 0 atom stereocenters. The summed E-state index contributed by atoms with van der Waals surface area (Å²) in [4.78, 5) is 12.5. The van der Waals surface area contributed by atoms with Gasteiger partial charge in [0.25, 0.3) is 5.91 Å². The second-order valence-electron chi connectivity index (χ2n) is 5.26. The van der Waals surface area contributed by atoms with Crippen LogP contribution in [0.5, 0.6) is 0 Å². The molecule has 0 saturated heterocycles. The van der Waals surface area contributed by atoms with Crippen LogP contribution in [0.3, 0.4) is 0 Å². The Hall–Kier alpha value is -1.83. The standard InChI is InChI=1S/C16H14BrCl2N5O/c1-2-24-14(13(19)7-20-24)16(25)21-15-12(17)9-23(22-15)8-10-3-5-11(18)6-4-10/h3-7,9H,2,8H2,1H3,(H,21,22,25). The van der Waals surface area contributed by atoms with Gasteiger partial charge in [0.2, 0.25) is 0 Å². The maximum absolute atomic E-state index is 12.5. The molecular weight excluding hydrogens is 429 g/mol. The van der Waals surface area contributed by atoms with Gasteiger partial charge in [-0.25, -0.2) is 0 Å². The lowest BCUT2D eigenvalue weighted by Crippen LogP contribution is -2.18. The van der Waals surface area contributed by atoms with E-state index in [4.69, 9.17) is 23.2 Å². The maximum atomic E-state index is 12.5. The van der Waals surface area contributed by atoms with Crippen molar-refractivity contribution in [3.63, 3.8) is 0 Å². The fourth-order valence-corrected chi connectivity index (χ4v) is 3.10. The molecule has 0 aliphatic heterocycles. The van der Waals surface area contributed by atoms with E-state index in [-0.39, 0.29) is 5.91 Å². The van der Waals surface area contributed by atoms with Crippen LogP contribution < -0.4 is 5.32 Å². The number of hydrogen-bond acceptors (Lipinski definition) is 3. The monoisotopic (exact) mass is 441 g/mol. The molecule has 0 unspecified atom stereocenters. The van der Waals surface area contributed by atoms with Crippen molar-refractivity contribution >= 4 is 50.9 Å². The fraction of sp³-hybridized carbons (Fsp3) is 0.188. The van der Waals surface area contributed by atoms with Crippen LogP contribution in [-0.4, -0.2) is 25.5 Å². The number of halogens is 3. The zero-order valence-corrected chi connectivity index (χ0v) is 16.3. The Bertz CT molecular complexity index is 904. The Balaban J connectivity index is 1.77. The quantitative estimate of drug-likeness (QED) is 0.633. The number of hydrogen-bond donors (Lipinski definition) is 1. The first-order valence-corrected chi connectivity index (χ1v) is 9.03. The van der Waals surface area contributed by atoms with Crippen molar-refractivity contribution in [3.05, 3.63) is 62.4 Å². The molecule has 1 N–H and O–H groups in total. The molecular formula is C16H14BrCl2N5O. The molecule has 0 saturated carbocycles. The normalized spacial score (nSPS) is 10.9. The number of rotatable bonds is 5. The van der Waals surface area contributed by atoms with Gasteiger partial charge in [-0.3, -0.25) is 14.2 Å². The lowest BCUT2D eigenvalue weighted by Gasteiger charge is -2.06. The van der Waals surface area contributed by atoms with Gasteiger partial charge in [-0.2, -0.15) is 10.2 Å². The lowest BCUT2D eigenvalue weighted by molar-refractivity contribution is 0.101. The van der Waals surface area contributed by atoms with Crippen LogP contribution in [0.2, 0.25) is 10.0 Å². The summed E-state index contributed by atoms with van der Waals surface area (Å²) in [6, 6.07) is 7.50. The van der Waals surface area contributed by atoms with Gasteiger partial charge >= 0.3 is 0 Å². The minimum atomic E-state index is -0.359. The SMILES string of the molecule is CCn1ncc(Cl)c1C(=O)Nc1nn(Cc2ccc(Cl)cc2)cc1Br. The molecule has 0 radical (unpaired) electrons. The molecule has 0 spiro atoms. The minimum absolute atomic E-state index is 0.302. The molecule has 0 aliphatic carbocycles. The van der Waals surface area contributed by atoms with Crippen molar-refractivity contribution in [2.24, 2.45) is 0 Å². The number of amides is 1. The van der Waals surface area contributed by atoms with Gasteiger partial charge in [-0.15, -0.1) is 0 Å². The Morgan fingerprint density at radius 1 is 1.28 bits per heavy atom. The third-order valence-electron chi connectivity index (χ3n) is 3.52. The number of nitrogens with one attached hydrogen (secondary N) is 1. The van der Waals surface area contributed by atoms with Gasteiger partial charge in [0.1, 0.15) is 5.69 Å². The fourth-order valence-electron chi connectivity index (χ4n) is 2.33. The van der Waals surface area contributed by atoms with Crippen molar-refractivity contribution in [2.45, 2.75) is 20.0 Å². The average molecular weight is 443 g/mol. The predicted molar refractivity (Wildman–Crippen MR) is 101 cm³/mol. The number of aromatic nitrogens is 4. The Labute approximate surface area is 162 Å². The van der Waals surface area contributed by atoms with Crippen molar-refractivity contribution in [1.82, 2.24) is 19.6 Å². The highest BCUT2D eigenvalue weighted by atomic mass is 79.9. The minimum Gasteiger partial charge on any atom is -0.303 e. The first-order valence-electron chi connectivity index (χ1n) is 7.48. The molecule has 25 heavy (non-hydrogen) atoms. The van der Waals surface area contributed by atoms with Crippen LogP contribution in [-0.2, 0) is 13.1 Å². The van der Waals surface area contributed by atoms with E-state index in [0.29, 0.717) is 39.1 Å². The van der Waals surface area contributed by atoms with Crippen LogP contribution in [0.15, 0.2) is 41.1 Å². The molecule has 9 heteroatoms.